The Kier molecular flexibility index (Phi) is 32.0. The number of halogens is 3. The van der Waals surface area contributed by atoms with E-state index < -0.39 is 21.3 Å². The van der Waals surface area contributed by atoms with Crippen LogP contribution >= 0.6 is 30.4 Å². The van der Waals surface area contributed by atoms with Crippen molar-refractivity contribution < 1.29 is 45.5 Å². The Labute approximate surface area is 130 Å². The molecule has 0 unspecified atom stereocenters. The third-order valence-corrected chi connectivity index (χ3v) is 0.974. The monoisotopic (exact) mass is 417 g/mol. The molecule has 11 heteroatoms. The van der Waals surface area contributed by atoms with Crippen LogP contribution in [0, 0.1) is 6.54 Å². The van der Waals surface area contributed by atoms with Crippen LogP contribution in [-0.2, 0) is 38.4 Å². The molecular weight excluding hydrogens is 402 g/mol. The molecule has 0 aromatic carbocycles. The molecule has 4 N–H and O–H groups in total. The molecule has 0 aliphatic carbocycles. The number of unbranched alkanes of at least 4 members (excludes halogenated alkanes) is 3. The van der Waals surface area contributed by atoms with Gasteiger partial charge in [-0.25, -0.2) is 0 Å². The molecule has 0 aliphatic heterocycles. The summed E-state index contributed by atoms with van der Waals surface area (Å²) < 4.78 is 31.6. The van der Waals surface area contributed by atoms with Crippen LogP contribution in [0.3, 0.4) is 0 Å². The van der Waals surface area contributed by atoms with Crippen molar-refractivity contribution in [3.05, 3.63) is 6.54 Å². The van der Waals surface area contributed by atoms with Gasteiger partial charge in [0.25, 0.3) is 0 Å². The van der Waals surface area contributed by atoms with E-state index in [2.05, 4.69) is 6.92 Å². The van der Waals surface area contributed by atoms with Crippen molar-refractivity contribution in [3.8, 4) is 0 Å². The minimum Gasteiger partial charge on any atom is 0 e. The third kappa shape index (κ3) is 134. The van der Waals surface area contributed by atoms with Crippen molar-refractivity contribution in [2.75, 3.05) is 0 Å². The molecule has 0 aromatic rings. The van der Waals surface area contributed by atoms with E-state index in [1.165, 1.54) is 19.3 Å². The number of hydrogen-bond donors (Lipinski definition) is 3. The van der Waals surface area contributed by atoms with Gasteiger partial charge in [-0.1, -0.05) is 26.2 Å². The van der Waals surface area contributed by atoms with E-state index in [0.29, 0.717) is 0 Å². The maximum atomic E-state index is 8.74. The van der Waals surface area contributed by atoms with Crippen LogP contribution in [-0.4, -0.2) is 17.5 Å². The Morgan fingerprint density at radius 3 is 1.71 bits per heavy atom. The molecule has 0 fully saturated rings. The van der Waals surface area contributed by atoms with Gasteiger partial charge in [0, 0.05) is 17.1 Å². The molecular formula is C6H16Cl3CoMnNO4S-. The zero-order chi connectivity index (χ0) is 13.6. The number of hydrogen-bond acceptors (Lipinski definition) is 3. The Morgan fingerprint density at radius 2 is 1.53 bits per heavy atom. The molecule has 17 heavy (non-hydrogen) atoms. The fraction of sp³-hybridized carbons (Fsp3) is 0.833. The van der Waals surface area contributed by atoms with Gasteiger partial charge in [-0.3, -0.25) is 15.7 Å². The fourth-order valence-electron chi connectivity index (χ4n) is 0.512. The summed E-state index contributed by atoms with van der Waals surface area (Å²) in [6.45, 7) is 3.92. The van der Waals surface area contributed by atoms with Crippen molar-refractivity contribution in [1.82, 2.24) is 0 Å². The Morgan fingerprint density at radius 1 is 1.24 bits per heavy atom. The summed E-state index contributed by atoms with van der Waals surface area (Å²) in [6.07, 6.45) is 4.93. The SMILES string of the molecule is CCCCC[CH-]N.O=S(=O)(O)O.[Cl][Co]([Cl])[Cl].[Mn]. The van der Waals surface area contributed by atoms with Crippen LogP contribution in [0.15, 0.2) is 0 Å². The van der Waals surface area contributed by atoms with Gasteiger partial charge in [0.05, 0.1) is 0 Å². The molecule has 0 spiro atoms. The molecule has 0 atom stereocenters. The topological polar surface area (TPSA) is 101 Å². The average molecular weight is 418 g/mol. The van der Waals surface area contributed by atoms with E-state index >= 15 is 0 Å². The molecule has 0 bridgehead atoms. The van der Waals surface area contributed by atoms with E-state index in [1.807, 2.05) is 0 Å². The summed E-state index contributed by atoms with van der Waals surface area (Å²) in [5.41, 5.74) is 5.14. The second-order valence-corrected chi connectivity index (χ2v) is 8.38. The first-order chi connectivity index (χ1) is 7.15. The first-order valence-corrected chi connectivity index (χ1v) is 9.72. The predicted octanol–water partition coefficient (Wildman–Crippen LogP) is 3.10. The molecule has 0 amide bonds. The molecule has 1 radical (unpaired) electrons. The smallest absolute Gasteiger partial charge is 0 e. The van der Waals surface area contributed by atoms with Gasteiger partial charge < -0.3 is 5.73 Å². The summed E-state index contributed by atoms with van der Waals surface area (Å²) in [6, 6.07) is 0. The minimum absolute atomic E-state index is 0. The maximum absolute atomic E-state index is 8.74. The van der Waals surface area contributed by atoms with E-state index in [0.717, 1.165) is 6.42 Å². The quantitative estimate of drug-likeness (QED) is 0.282. The van der Waals surface area contributed by atoms with Gasteiger partial charge in [0.2, 0.25) is 0 Å². The van der Waals surface area contributed by atoms with Crippen LogP contribution < -0.4 is 5.73 Å². The van der Waals surface area contributed by atoms with Crippen molar-refractivity contribution >= 4 is 40.8 Å². The van der Waals surface area contributed by atoms with Crippen LogP contribution in [0.4, 0.5) is 0 Å². The van der Waals surface area contributed by atoms with Gasteiger partial charge in [-0.2, -0.15) is 14.8 Å². The van der Waals surface area contributed by atoms with Gasteiger partial charge in [0.15, 0.2) is 0 Å². The molecule has 0 saturated heterocycles. The van der Waals surface area contributed by atoms with Crippen molar-refractivity contribution in [2.45, 2.75) is 32.6 Å². The Hall–Kier alpha value is 1.73. The van der Waals surface area contributed by atoms with Crippen molar-refractivity contribution in [3.63, 3.8) is 0 Å². The molecule has 0 aromatic heterocycles. The number of rotatable bonds is 4. The summed E-state index contributed by atoms with van der Waals surface area (Å²) in [7, 11) is 8.75. The average Bonchev–Trinajstić information content (AvgIpc) is 2.01. The first-order valence-electron chi connectivity index (χ1n) is 4.03. The van der Waals surface area contributed by atoms with Crippen molar-refractivity contribution in [1.29, 1.82) is 0 Å². The Balaban J connectivity index is -0.0000000757. The summed E-state index contributed by atoms with van der Waals surface area (Å²) in [4.78, 5) is 0. The van der Waals surface area contributed by atoms with E-state index in [1.54, 1.807) is 6.54 Å². The standard InChI is InChI=1S/C6H14N.3ClH.Co.Mn.H2O4S/c1-2-3-4-5-6-7;;;;;;1-5(2,3)4/h6H,2-5,7H2,1H3;3*1H;;;(H2,1,2,3,4)/q-1;;;;+3;;/p-3. The third-order valence-electron chi connectivity index (χ3n) is 0.974. The second-order valence-electron chi connectivity index (χ2n) is 2.32. The maximum Gasteiger partial charge on any atom is 0 e. The summed E-state index contributed by atoms with van der Waals surface area (Å²) in [5.74, 6) is 0. The predicted molar refractivity (Wildman–Crippen MR) is 64.4 cm³/mol. The normalized spacial score (nSPS) is 9.94. The van der Waals surface area contributed by atoms with Crippen LogP contribution in [0.25, 0.3) is 0 Å². The van der Waals surface area contributed by atoms with E-state index in [9.17, 15) is 0 Å². The van der Waals surface area contributed by atoms with Gasteiger partial charge in [0.1, 0.15) is 0 Å². The van der Waals surface area contributed by atoms with Crippen molar-refractivity contribution in [2.24, 2.45) is 5.73 Å². The summed E-state index contributed by atoms with van der Waals surface area (Å²) >= 11 is 0. The molecule has 0 heterocycles. The minimum atomic E-state index is -4.67. The zero-order valence-corrected chi connectivity index (χ0v) is 14.3. The second kappa shape index (κ2) is 20.1. The zero-order valence-electron chi connectivity index (χ0n) is 8.95. The molecule has 0 saturated carbocycles. The van der Waals surface area contributed by atoms with Crippen LogP contribution in [0.2, 0.25) is 0 Å². The summed E-state index contributed by atoms with van der Waals surface area (Å²) in [5, 5.41) is 0. The van der Waals surface area contributed by atoms with Crippen LogP contribution in [0.5, 0.6) is 0 Å². The van der Waals surface area contributed by atoms with E-state index in [-0.39, 0.29) is 17.1 Å². The largest absolute Gasteiger partial charge is 0 e. The fourth-order valence-corrected chi connectivity index (χ4v) is 0.512. The Bertz CT molecular complexity index is 207. The van der Waals surface area contributed by atoms with E-state index in [4.69, 9.17) is 53.7 Å². The number of nitrogens with two attached hydrogens (primary N) is 1. The van der Waals surface area contributed by atoms with Gasteiger partial charge in [-0.05, 0) is 0 Å². The van der Waals surface area contributed by atoms with Gasteiger partial charge >= 0.3 is 51.8 Å². The van der Waals surface area contributed by atoms with Crippen LogP contribution in [0.1, 0.15) is 32.6 Å². The molecule has 0 aliphatic rings. The molecule has 0 rings (SSSR count). The van der Waals surface area contributed by atoms with Gasteiger partial charge in [-0.15, -0.1) is 0 Å². The molecule has 113 valence electrons. The first kappa shape index (κ1) is 27.1. The molecule has 5 nitrogen and oxygen atoms in total.